The van der Waals surface area contributed by atoms with Gasteiger partial charge in [0, 0.05) is 51.9 Å². The minimum atomic E-state index is -0.0536. The van der Waals surface area contributed by atoms with Crippen LogP contribution in [0.1, 0.15) is 32.8 Å². The zero-order chi connectivity index (χ0) is 21.1. The van der Waals surface area contributed by atoms with E-state index in [1.807, 2.05) is 31.3 Å². The van der Waals surface area contributed by atoms with Crippen LogP contribution < -0.4 is 16.0 Å². The molecule has 1 aliphatic rings. The van der Waals surface area contributed by atoms with Gasteiger partial charge in [-0.15, -0.1) is 0 Å². The lowest BCUT2D eigenvalue weighted by atomic mass is 10.0. The Bertz CT molecular complexity index is 639. The predicted octanol–water partition coefficient (Wildman–Crippen LogP) is 2.10. The molecule has 29 heavy (non-hydrogen) atoms. The van der Waals surface area contributed by atoms with E-state index in [4.69, 9.17) is 4.74 Å². The van der Waals surface area contributed by atoms with E-state index >= 15 is 0 Å². The molecule has 0 spiro atoms. The maximum absolute atomic E-state index is 11.1. The second-order valence-electron chi connectivity index (χ2n) is 7.94. The fourth-order valence-electron chi connectivity index (χ4n) is 3.57. The largest absolute Gasteiger partial charge is 0.379 e. The van der Waals surface area contributed by atoms with Gasteiger partial charge in [-0.05, 0) is 36.5 Å². The molecule has 1 atom stereocenters. The van der Waals surface area contributed by atoms with Gasteiger partial charge in [-0.25, -0.2) is 0 Å². The van der Waals surface area contributed by atoms with Crippen LogP contribution in [0.2, 0.25) is 0 Å². The van der Waals surface area contributed by atoms with Crippen molar-refractivity contribution in [3.8, 4) is 0 Å². The molecule has 2 rings (SSSR count). The van der Waals surface area contributed by atoms with E-state index in [2.05, 4.69) is 39.7 Å². The van der Waals surface area contributed by atoms with E-state index in [0.717, 1.165) is 63.9 Å². The molecule has 1 amide bonds. The second-order valence-corrected chi connectivity index (χ2v) is 7.94. The number of hydrogen-bond donors (Lipinski definition) is 3. The van der Waals surface area contributed by atoms with Gasteiger partial charge in [0.25, 0.3) is 0 Å². The molecule has 7 nitrogen and oxygen atoms in total. The van der Waals surface area contributed by atoms with Crippen LogP contribution in [0.3, 0.4) is 0 Å². The van der Waals surface area contributed by atoms with Crippen LogP contribution in [0.4, 0.5) is 5.69 Å². The number of hydrogen-bond acceptors (Lipinski definition) is 4. The molecule has 7 heteroatoms. The fourth-order valence-corrected chi connectivity index (χ4v) is 3.57. The number of aliphatic imine (C=N–C) groups is 1. The first kappa shape index (κ1) is 23.2. The summed E-state index contributed by atoms with van der Waals surface area (Å²) in [4.78, 5) is 18.0. The van der Waals surface area contributed by atoms with Crippen molar-refractivity contribution in [2.24, 2.45) is 10.9 Å². The second kappa shape index (κ2) is 12.4. The van der Waals surface area contributed by atoms with Gasteiger partial charge in [-0.3, -0.25) is 14.7 Å². The summed E-state index contributed by atoms with van der Waals surface area (Å²) in [5.41, 5.74) is 2.04. The van der Waals surface area contributed by atoms with Crippen molar-refractivity contribution in [2.45, 2.75) is 39.7 Å². The minimum Gasteiger partial charge on any atom is -0.379 e. The van der Waals surface area contributed by atoms with Crippen LogP contribution in [0.5, 0.6) is 0 Å². The highest BCUT2D eigenvalue weighted by Gasteiger charge is 2.22. The van der Waals surface area contributed by atoms with Crippen molar-refractivity contribution in [2.75, 3.05) is 51.8 Å². The number of ether oxygens (including phenoxy) is 1. The van der Waals surface area contributed by atoms with Gasteiger partial charge in [-0.1, -0.05) is 26.0 Å². The van der Waals surface area contributed by atoms with Gasteiger partial charge >= 0.3 is 0 Å². The molecule has 1 fully saturated rings. The maximum Gasteiger partial charge on any atom is 0.221 e. The molecule has 0 aliphatic carbocycles. The van der Waals surface area contributed by atoms with Crippen LogP contribution >= 0.6 is 0 Å². The van der Waals surface area contributed by atoms with E-state index in [1.165, 1.54) is 12.5 Å². The summed E-state index contributed by atoms with van der Waals surface area (Å²) in [5.74, 6) is 1.43. The summed E-state index contributed by atoms with van der Waals surface area (Å²) < 4.78 is 5.50. The SMILES string of the molecule is CN=C(NCCc1ccc(NC(C)=O)cc1)NCC(CC(C)C)N1CCOCC1. The van der Waals surface area contributed by atoms with Crippen LogP contribution in [-0.4, -0.2) is 69.2 Å². The van der Waals surface area contributed by atoms with Crippen molar-refractivity contribution in [3.63, 3.8) is 0 Å². The lowest BCUT2D eigenvalue weighted by Crippen LogP contribution is -2.51. The Morgan fingerprint density at radius 3 is 2.45 bits per heavy atom. The molecule has 1 unspecified atom stereocenters. The Kier molecular flexibility index (Phi) is 9.94. The number of nitrogens with one attached hydrogen (secondary N) is 3. The first-order valence-electron chi connectivity index (χ1n) is 10.6. The molecule has 1 saturated heterocycles. The molecule has 1 aromatic carbocycles. The number of morpholine rings is 1. The standard InChI is InChI=1S/C22H37N5O2/c1-17(2)15-21(27-11-13-29-14-12-27)16-25-22(23-4)24-10-9-19-5-7-20(8-6-19)26-18(3)28/h5-8,17,21H,9-16H2,1-4H3,(H,26,28)(H2,23,24,25). The van der Waals surface area contributed by atoms with E-state index < -0.39 is 0 Å². The number of carbonyl (C=O) groups excluding carboxylic acids is 1. The molecular weight excluding hydrogens is 366 g/mol. The minimum absolute atomic E-state index is 0.0536. The van der Waals surface area contributed by atoms with Gasteiger partial charge in [0.05, 0.1) is 13.2 Å². The third kappa shape index (κ3) is 8.83. The molecule has 1 aromatic rings. The van der Waals surface area contributed by atoms with E-state index in [0.29, 0.717) is 12.0 Å². The molecule has 3 N–H and O–H groups in total. The van der Waals surface area contributed by atoms with E-state index in [9.17, 15) is 4.79 Å². The van der Waals surface area contributed by atoms with Gasteiger partial charge < -0.3 is 20.7 Å². The normalized spacial score (nSPS) is 16.5. The van der Waals surface area contributed by atoms with Gasteiger partial charge in [-0.2, -0.15) is 0 Å². The highest BCUT2D eigenvalue weighted by Crippen LogP contribution is 2.13. The summed E-state index contributed by atoms with van der Waals surface area (Å²) in [6.45, 7) is 11.4. The van der Waals surface area contributed by atoms with Gasteiger partial charge in [0.15, 0.2) is 5.96 Å². The molecule has 1 aliphatic heterocycles. The smallest absolute Gasteiger partial charge is 0.221 e. The first-order chi connectivity index (χ1) is 14.0. The van der Waals surface area contributed by atoms with Crippen molar-refractivity contribution >= 4 is 17.6 Å². The molecule has 0 saturated carbocycles. The number of nitrogens with zero attached hydrogens (tertiary/aromatic N) is 2. The van der Waals surface area contributed by atoms with Crippen molar-refractivity contribution < 1.29 is 9.53 Å². The number of rotatable bonds is 9. The average molecular weight is 404 g/mol. The summed E-state index contributed by atoms with van der Waals surface area (Å²) in [6.07, 6.45) is 2.05. The molecule has 0 aromatic heterocycles. The topological polar surface area (TPSA) is 78.0 Å². The summed E-state index contributed by atoms with van der Waals surface area (Å²) in [7, 11) is 1.81. The Labute approximate surface area is 175 Å². The Morgan fingerprint density at radius 2 is 1.86 bits per heavy atom. The van der Waals surface area contributed by atoms with Crippen molar-refractivity contribution in [1.82, 2.24) is 15.5 Å². The first-order valence-corrected chi connectivity index (χ1v) is 10.6. The zero-order valence-electron chi connectivity index (χ0n) is 18.3. The Balaban J connectivity index is 1.77. The summed E-state index contributed by atoms with van der Waals surface area (Å²) in [6, 6.07) is 8.44. The number of anilines is 1. The number of benzene rings is 1. The Hall–Kier alpha value is -2.12. The molecule has 0 bridgehead atoms. The van der Waals surface area contributed by atoms with E-state index in [1.54, 1.807) is 0 Å². The lowest BCUT2D eigenvalue weighted by molar-refractivity contribution is -0.114. The zero-order valence-corrected chi connectivity index (χ0v) is 18.3. The predicted molar refractivity (Wildman–Crippen MR) is 119 cm³/mol. The third-order valence-electron chi connectivity index (χ3n) is 5.01. The maximum atomic E-state index is 11.1. The number of amides is 1. The van der Waals surface area contributed by atoms with Crippen molar-refractivity contribution in [3.05, 3.63) is 29.8 Å². The molecule has 0 radical (unpaired) electrons. The summed E-state index contributed by atoms with van der Waals surface area (Å²) >= 11 is 0. The van der Waals surface area contributed by atoms with Crippen LogP contribution in [0, 0.1) is 5.92 Å². The van der Waals surface area contributed by atoms with Crippen LogP contribution in [-0.2, 0) is 16.0 Å². The quantitative estimate of drug-likeness (QED) is 0.435. The number of guanidine groups is 1. The van der Waals surface area contributed by atoms with Crippen molar-refractivity contribution in [1.29, 1.82) is 0 Å². The lowest BCUT2D eigenvalue weighted by Gasteiger charge is -2.35. The fraction of sp³-hybridized carbons (Fsp3) is 0.636. The average Bonchev–Trinajstić information content (AvgIpc) is 2.70. The van der Waals surface area contributed by atoms with Crippen LogP contribution in [0.15, 0.2) is 29.3 Å². The van der Waals surface area contributed by atoms with Gasteiger partial charge in [0.1, 0.15) is 0 Å². The molecule has 1 heterocycles. The molecule has 162 valence electrons. The molecular formula is C22H37N5O2. The number of carbonyl (C=O) groups is 1. The van der Waals surface area contributed by atoms with Gasteiger partial charge in [0.2, 0.25) is 5.91 Å². The third-order valence-corrected chi connectivity index (χ3v) is 5.01. The van der Waals surface area contributed by atoms with E-state index in [-0.39, 0.29) is 5.91 Å². The Morgan fingerprint density at radius 1 is 1.17 bits per heavy atom. The monoisotopic (exact) mass is 403 g/mol. The highest BCUT2D eigenvalue weighted by molar-refractivity contribution is 5.88. The summed E-state index contributed by atoms with van der Waals surface area (Å²) in [5, 5.41) is 9.69. The van der Waals surface area contributed by atoms with Crippen LogP contribution in [0.25, 0.3) is 0 Å². The highest BCUT2D eigenvalue weighted by atomic mass is 16.5.